The molecule has 0 radical (unpaired) electrons. The van der Waals surface area contributed by atoms with Crippen LogP contribution in [-0.2, 0) is 14.9 Å². The van der Waals surface area contributed by atoms with Crippen LogP contribution in [-0.4, -0.2) is 46.2 Å². The van der Waals surface area contributed by atoms with Crippen molar-refractivity contribution in [2.45, 2.75) is 24.8 Å². The molecule has 0 saturated carbocycles. The molecule has 26 heavy (non-hydrogen) atoms. The zero-order valence-electron chi connectivity index (χ0n) is 13.7. The molecule has 1 aromatic carbocycles. The Labute approximate surface area is 149 Å². The Hall–Kier alpha value is -2.85. The summed E-state index contributed by atoms with van der Waals surface area (Å²) < 4.78 is 33.5. The number of allylic oxidation sites excluding steroid dienone is 1. The van der Waals surface area contributed by atoms with Crippen molar-refractivity contribution in [3.8, 4) is 5.75 Å². The van der Waals surface area contributed by atoms with Crippen molar-refractivity contribution >= 4 is 27.6 Å². The Morgan fingerprint density at radius 3 is 2.73 bits per heavy atom. The number of nitrogens with two attached hydrogens (primary N) is 1. The van der Waals surface area contributed by atoms with Crippen LogP contribution >= 0.6 is 0 Å². The molecule has 0 fully saturated rings. The van der Waals surface area contributed by atoms with Gasteiger partial charge < -0.3 is 21.1 Å². The number of amides is 2. The minimum absolute atomic E-state index is 0.0466. The number of carbonyl (C=O) groups excluding carboxylic acids is 2. The van der Waals surface area contributed by atoms with Gasteiger partial charge in [0.15, 0.2) is 5.37 Å². The van der Waals surface area contributed by atoms with Crippen LogP contribution < -0.4 is 11.1 Å². The number of aromatic hydroxyl groups is 1. The summed E-state index contributed by atoms with van der Waals surface area (Å²) in [4.78, 5) is 24.9. The molecule has 2 aliphatic rings. The van der Waals surface area contributed by atoms with Gasteiger partial charge >= 0.3 is 0 Å². The molecule has 2 aliphatic heterocycles. The maximum atomic E-state index is 12.9. The van der Waals surface area contributed by atoms with Crippen LogP contribution in [0.2, 0.25) is 0 Å². The summed E-state index contributed by atoms with van der Waals surface area (Å²) in [6.45, 7) is 1.60. The molecular formula is C16H17N3O6S. The summed E-state index contributed by atoms with van der Waals surface area (Å²) in [5.74, 6) is -1.49. The van der Waals surface area contributed by atoms with Crippen molar-refractivity contribution in [2.24, 2.45) is 5.73 Å². The normalized spacial score (nSPS) is 22.5. The molecule has 1 aromatic rings. The predicted octanol–water partition coefficient (Wildman–Crippen LogP) is 0.480. The van der Waals surface area contributed by atoms with Crippen LogP contribution in [0.5, 0.6) is 5.75 Å². The third kappa shape index (κ3) is 3.04. The zero-order valence-corrected chi connectivity index (χ0v) is 14.5. The quantitative estimate of drug-likeness (QED) is 0.339. The molecule has 0 bridgehead atoms. The average Bonchev–Trinajstić information content (AvgIpc) is 2.91. The highest BCUT2D eigenvalue weighted by Crippen LogP contribution is 2.39. The number of aryl methyl sites for hydroxylation is 1. The van der Waals surface area contributed by atoms with Gasteiger partial charge in [0, 0.05) is 12.3 Å². The van der Waals surface area contributed by atoms with E-state index in [-0.39, 0.29) is 23.4 Å². The van der Waals surface area contributed by atoms with Gasteiger partial charge in [-0.15, -0.1) is 0 Å². The minimum atomic E-state index is -4.62. The molecule has 10 heteroatoms. The first-order valence-electron chi connectivity index (χ1n) is 7.66. The largest absolute Gasteiger partial charge is 0.505 e. The first-order valence-corrected chi connectivity index (χ1v) is 9.16. The van der Waals surface area contributed by atoms with Crippen molar-refractivity contribution in [1.29, 1.82) is 0 Å². The third-order valence-electron chi connectivity index (χ3n) is 4.37. The number of phenolic OH excluding ortho intramolecular Hbond substituents is 1. The summed E-state index contributed by atoms with van der Waals surface area (Å²) >= 11 is 0. The van der Waals surface area contributed by atoms with E-state index in [1.807, 2.05) is 0 Å². The standard InChI is InChI=1S/C16H17N3O6S/c1-8-2-4-10-13(14(8)21)18-15(26(23,24)25)11-6-9(3-5-12(17)20)7-19(11)16(10)22/h2-5,7,11,15,18,21H,6H2,1H3,(H2,17,20)(H,23,24,25). The summed E-state index contributed by atoms with van der Waals surface area (Å²) in [6, 6.07) is 2.04. The number of rotatable bonds is 3. The van der Waals surface area contributed by atoms with E-state index in [1.54, 1.807) is 6.92 Å². The van der Waals surface area contributed by atoms with Gasteiger partial charge in [-0.1, -0.05) is 12.1 Å². The highest BCUT2D eigenvalue weighted by atomic mass is 32.2. The minimum Gasteiger partial charge on any atom is -0.505 e. The molecular weight excluding hydrogens is 362 g/mol. The second-order valence-electron chi connectivity index (χ2n) is 6.16. The molecule has 2 atom stereocenters. The van der Waals surface area contributed by atoms with E-state index in [0.717, 1.165) is 6.08 Å². The monoisotopic (exact) mass is 379 g/mol. The average molecular weight is 379 g/mol. The number of hydrogen-bond acceptors (Lipinski definition) is 6. The number of carbonyl (C=O) groups is 2. The summed E-state index contributed by atoms with van der Waals surface area (Å²) in [5.41, 5.74) is 6.02. The van der Waals surface area contributed by atoms with Crippen molar-refractivity contribution in [3.05, 3.63) is 47.2 Å². The fraction of sp³-hybridized carbons (Fsp3) is 0.250. The van der Waals surface area contributed by atoms with Gasteiger partial charge in [-0.3, -0.25) is 14.1 Å². The Morgan fingerprint density at radius 2 is 2.12 bits per heavy atom. The molecule has 2 unspecified atom stereocenters. The zero-order chi connectivity index (χ0) is 19.2. The van der Waals surface area contributed by atoms with E-state index < -0.39 is 33.3 Å². The number of benzene rings is 1. The van der Waals surface area contributed by atoms with Crippen molar-refractivity contribution in [2.75, 3.05) is 5.32 Å². The number of hydrogen-bond donors (Lipinski definition) is 4. The van der Waals surface area contributed by atoms with Crippen molar-refractivity contribution in [3.63, 3.8) is 0 Å². The molecule has 0 aromatic heterocycles. The highest BCUT2D eigenvalue weighted by molar-refractivity contribution is 7.86. The van der Waals surface area contributed by atoms with Gasteiger partial charge in [0.1, 0.15) is 5.75 Å². The number of phenols is 1. The first kappa shape index (κ1) is 18.0. The number of primary amides is 1. The SMILES string of the molecule is Cc1ccc2c(c1O)NC(S(=O)(=O)O)C1CC(C=CC(N)=O)=CN1C2=O. The number of fused-ring (bicyclic) bond motifs is 2. The van der Waals surface area contributed by atoms with Crippen LogP contribution in [0.1, 0.15) is 22.3 Å². The molecule has 5 N–H and O–H groups in total. The third-order valence-corrected chi connectivity index (χ3v) is 5.44. The Bertz CT molecular complexity index is 966. The Balaban J connectivity index is 2.14. The molecule has 0 saturated heterocycles. The van der Waals surface area contributed by atoms with Crippen LogP contribution in [0, 0.1) is 6.92 Å². The van der Waals surface area contributed by atoms with E-state index in [9.17, 15) is 27.7 Å². The fourth-order valence-electron chi connectivity index (χ4n) is 3.10. The van der Waals surface area contributed by atoms with E-state index in [2.05, 4.69) is 5.32 Å². The van der Waals surface area contributed by atoms with E-state index in [0.29, 0.717) is 11.1 Å². The second kappa shape index (κ2) is 6.15. The Kier molecular flexibility index (Phi) is 4.24. The molecule has 0 aliphatic carbocycles. The lowest BCUT2D eigenvalue weighted by Gasteiger charge is -2.26. The van der Waals surface area contributed by atoms with Crippen LogP contribution in [0.15, 0.2) is 36.1 Å². The summed E-state index contributed by atoms with van der Waals surface area (Å²) in [5, 5.41) is 11.3. The predicted molar refractivity (Wildman–Crippen MR) is 92.8 cm³/mol. The lowest BCUT2D eigenvalue weighted by atomic mass is 10.1. The Morgan fingerprint density at radius 1 is 1.42 bits per heavy atom. The van der Waals surface area contributed by atoms with Crippen molar-refractivity contribution in [1.82, 2.24) is 4.90 Å². The molecule has 9 nitrogen and oxygen atoms in total. The van der Waals surface area contributed by atoms with Crippen LogP contribution in [0.25, 0.3) is 0 Å². The molecule has 138 valence electrons. The van der Waals surface area contributed by atoms with E-state index in [4.69, 9.17) is 5.73 Å². The van der Waals surface area contributed by atoms with Gasteiger partial charge in [-0.05, 0) is 30.5 Å². The summed E-state index contributed by atoms with van der Waals surface area (Å²) in [7, 11) is -4.62. The smallest absolute Gasteiger partial charge is 0.288 e. The van der Waals surface area contributed by atoms with Gasteiger partial charge in [0.25, 0.3) is 16.0 Å². The second-order valence-corrected chi connectivity index (χ2v) is 7.69. The molecule has 2 heterocycles. The van der Waals surface area contributed by atoms with Crippen LogP contribution in [0.4, 0.5) is 5.69 Å². The molecule has 2 amide bonds. The van der Waals surface area contributed by atoms with Gasteiger partial charge in [0.05, 0.1) is 17.3 Å². The lowest BCUT2D eigenvalue weighted by molar-refractivity contribution is -0.113. The fourth-order valence-corrected chi connectivity index (χ4v) is 3.99. The topological polar surface area (TPSA) is 150 Å². The number of anilines is 1. The van der Waals surface area contributed by atoms with E-state index >= 15 is 0 Å². The molecule has 0 spiro atoms. The maximum Gasteiger partial charge on any atom is 0.288 e. The molecule has 3 rings (SSSR count). The van der Waals surface area contributed by atoms with Gasteiger partial charge in [0.2, 0.25) is 5.91 Å². The highest BCUT2D eigenvalue weighted by Gasteiger charge is 2.45. The number of nitrogens with zero attached hydrogens (tertiary/aromatic N) is 1. The lowest BCUT2D eigenvalue weighted by Crippen LogP contribution is -2.46. The summed E-state index contributed by atoms with van der Waals surface area (Å²) in [6.07, 6.45) is 3.96. The van der Waals surface area contributed by atoms with Crippen molar-refractivity contribution < 1.29 is 27.7 Å². The van der Waals surface area contributed by atoms with Gasteiger partial charge in [-0.2, -0.15) is 8.42 Å². The maximum absolute atomic E-state index is 12.9. The number of nitrogens with one attached hydrogen (secondary N) is 1. The van der Waals surface area contributed by atoms with Crippen LogP contribution in [0.3, 0.4) is 0 Å². The van der Waals surface area contributed by atoms with E-state index in [1.165, 1.54) is 29.3 Å². The van der Waals surface area contributed by atoms with Gasteiger partial charge in [-0.25, -0.2) is 0 Å². The first-order chi connectivity index (χ1) is 12.1.